The predicted octanol–water partition coefficient (Wildman–Crippen LogP) is 2.84. The molecule has 1 saturated carbocycles. The maximum absolute atomic E-state index is 12.9. The van der Waals surface area contributed by atoms with Gasteiger partial charge in [0.15, 0.2) is 0 Å². The van der Waals surface area contributed by atoms with E-state index in [1.54, 1.807) is 12.1 Å². The van der Waals surface area contributed by atoms with Crippen molar-refractivity contribution in [2.24, 2.45) is 5.73 Å². The summed E-state index contributed by atoms with van der Waals surface area (Å²) in [5, 5.41) is 0.482. The molecule has 1 atom stereocenters. The van der Waals surface area contributed by atoms with Gasteiger partial charge < -0.3 is 5.73 Å². The fraction of sp³-hybridized carbons (Fsp3) is 0.400. The van der Waals surface area contributed by atoms with Crippen molar-refractivity contribution in [3.63, 3.8) is 0 Å². The second kappa shape index (κ2) is 2.67. The molecule has 1 aromatic carbocycles. The summed E-state index contributed by atoms with van der Waals surface area (Å²) in [7, 11) is 0. The van der Waals surface area contributed by atoms with Gasteiger partial charge in [-0.05, 0) is 24.1 Å². The van der Waals surface area contributed by atoms with Gasteiger partial charge in [0.2, 0.25) is 0 Å². The third-order valence-corrected chi connectivity index (χ3v) is 3.12. The van der Waals surface area contributed by atoms with Crippen LogP contribution >= 0.6 is 11.6 Å². The van der Waals surface area contributed by atoms with Crippen molar-refractivity contribution in [2.45, 2.75) is 24.8 Å². The van der Waals surface area contributed by atoms with Gasteiger partial charge in [-0.1, -0.05) is 23.7 Å². The van der Waals surface area contributed by atoms with E-state index in [1.807, 2.05) is 6.92 Å². The lowest BCUT2D eigenvalue weighted by Gasteiger charge is -2.11. The van der Waals surface area contributed by atoms with Crippen LogP contribution in [0.3, 0.4) is 0 Å². The fourth-order valence-corrected chi connectivity index (χ4v) is 1.67. The molecule has 14 heavy (non-hydrogen) atoms. The Balaban J connectivity index is 2.40. The lowest BCUT2D eigenvalue weighted by molar-refractivity contribution is 0.0891. The molecule has 0 amide bonds. The zero-order valence-corrected chi connectivity index (χ0v) is 8.41. The average Bonchev–Trinajstić information content (AvgIpc) is 2.58. The van der Waals surface area contributed by atoms with Crippen molar-refractivity contribution in [3.8, 4) is 0 Å². The molecule has 1 aliphatic carbocycles. The van der Waals surface area contributed by atoms with E-state index >= 15 is 0 Å². The minimum absolute atomic E-state index is 0.292. The van der Waals surface area contributed by atoms with Crippen molar-refractivity contribution in [3.05, 3.63) is 34.3 Å². The highest BCUT2D eigenvalue weighted by atomic mass is 35.5. The largest absolute Gasteiger partial charge is 0.316 e. The molecule has 0 aromatic heterocycles. The van der Waals surface area contributed by atoms with Crippen LogP contribution in [0.4, 0.5) is 8.78 Å². The highest BCUT2D eigenvalue weighted by Crippen LogP contribution is 2.57. The van der Waals surface area contributed by atoms with Crippen LogP contribution in [0.2, 0.25) is 5.02 Å². The van der Waals surface area contributed by atoms with E-state index in [4.69, 9.17) is 17.3 Å². The third kappa shape index (κ3) is 1.23. The summed E-state index contributed by atoms with van der Waals surface area (Å²) in [6.07, 6.45) is -0.292. The summed E-state index contributed by atoms with van der Waals surface area (Å²) >= 11 is 5.84. The standard InChI is InChI=1S/C10H10ClF2N/c1-6-2-3-7(4-8(6)11)9(14)5-10(9,12)13/h2-4H,5,14H2,1H3. The molecule has 1 nitrogen and oxygen atoms in total. The molecule has 0 heterocycles. The van der Waals surface area contributed by atoms with Crippen molar-refractivity contribution in [2.75, 3.05) is 0 Å². The van der Waals surface area contributed by atoms with Crippen LogP contribution in [0, 0.1) is 6.92 Å². The summed E-state index contributed by atoms with van der Waals surface area (Å²) < 4.78 is 25.9. The van der Waals surface area contributed by atoms with E-state index in [1.165, 1.54) is 6.07 Å². The molecule has 0 radical (unpaired) electrons. The number of alkyl halides is 2. The van der Waals surface area contributed by atoms with Crippen molar-refractivity contribution in [1.29, 1.82) is 0 Å². The average molecular weight is 218 g/mol. The van der Waals surface area contributed by atoms with E-state index < -0.39 is 11.5 Å². The van der Waals surface area contributed by atoms with Crippen LogP contribution in [-0.4, -0.2) is 5.92 Å². The summed E-state index contributed by atoms with van der Waals surface area (Å²) in [5.41, 5.74) is 5.34. The Morgan fingerprint density at radius 1 is 1.43 bits per heavy atom. The topological polar surface area (TPSA) is 26.0 Å². The summed E-state index contributed by atoms with van der Waals surface area (Å²) in [4.78, 5) is 0. The molecular weight excluding hydrogens is 208 g/mol. The maximum Gasteiger partial charge on any atom is 0.272 e. The monoisotopic (exact) mass is 217 g/mol. The van der Waals surface area contributed by atoms with Gasteiger partial charge in [0.25, 0.3) is 5.92 Å². The van der Waals surface area contributed by atoms with Gasteiger partial charge >= 0.3 is 0 Å². The van der Waals surface area contributed by atoms with Crippen LogP contribution in [0.25, 0.3) is 0 Å². The lowest BCUT2D eigenvalue weighted by atomic mass is 10.0. The summed E-state index contributed by atoms with van der Waals surface area (Å²) in [6, 6.07) is 4.85. The molecule has 1 aromatic rings. The number of nitrogens with two attached hydrogens (primary N) is 1. The highest BCUT2D eigenvalue weighted by Gasteiger charge is 2.69. The first kappa shape index (κ1) is 9.87. The van der Waals surface area contributed by atoms with Crippen molar-refractivity contribution >= 4 is 11.6 Å². The first-order valence-electron chi connectivity index (χ1n) is 4.30. The van der Waals surface area contributed by atoms with Crippen LogP contribution < -0.4 is 5.73 Å². The van der Waals surface area contributed by atoms with E-state index in [2.05, 4.69) is 0 Å². The number of halogens is 3. The van der Waals surface area contributed by atoms with Gasteiger partial charge in [-0.2, -0.15) is 0 Å². The quantitative estimate of drug-likeness (QED) is 0.769. The second-order valence-corrected chi connectivity index (χ2v) is 4.22. The Morgan fingerprint density at radius 3 is 2.43 bits per heavy atom. The Bertz CT molecular complexity index is 392. The van der Waals surface area contributed by atoms with Crippen LogP contribution in [0.5, 0.6) is 0 Å². The number of rotatable bonds is 1. The number of hydrogen-bond donors (Lipinski definition) is 1. The molecule has 76 valence electrons. The van der Waals surface area contributed by atoms with Gasteiger partial charge in [0.05, 0.1) is 0 Å². The Labute approximate surface area is 85.9 Å². The van der Waals surface area contributed by atoms with Gasteiger partial charge in [0.1, 0.15) is 5.54 Å². The Morgan fingerprint density at radius 2 is 2.00 bits per heavy atom. The number of benzene rings is 1. The summed E-state index contributed by atoms with van der Waals surface area (Å²) in [5.74, 6) is -2.79. The smallest absolute Gasteiger partial charge is 0.272 e. The van der Waals surface area contributed by atoms with Crippen molar-refractivity contribution < 1.29 is 8.78 Å². The third-order valence-electron chi connectivity index (χ3n) is 2.72. The Kier molecular flexibility index (Phi) is 1.88. The van der Waals surface area contributed by atoms with Crippen LogP contribution in [0.15, 0.2) is 18.2 Å². The highest BCUT2D eigenvalue weighted by molar-refractivity contribution is 6.31. The minimum Gasteiger partial charge on any atom is -0.316 e. The molecular formula is C10H10ClF2N. The molecule has 1 aliphatic rings. The molecule has 0 saturated heterocycles. The van der Waals surface area contributed by atoms with Gasteiger partial charge in [-0.3, -0.25) is 0 Å². The first-order chi connectivity index (χ1) is 6.37. The van der Waals surface area contributed by atoms with E-state index in [0.29, 0.717) is 10.6 Å². The minimum atomic E-state index is -2.79. The van der Waals surface area contributed by atoms with Crippen LogP contribution in [-0.2, 0) is 5.54 Å². The molecule has 0 aliphatic heterocycles. The molecule has 2 N–H and O–H groups in total. The lowest BCUT2D eigenvalue weighted by Crippen LogP contribution is -2.27. The second-order valence-electron chi connectivity index (χ2n) is 3.82. The molecule has 0 bridgehead atoms. The summed E-state index contributed by atoms with van der Waals surface area (Å²) in [6.45, 7) is 1.82. The van der Waals surface area contributed by atoms with Gasteiger partial charge in [-0.15, -0.1) is 0 Å². The number of aryl methyl sites for hydroxylation is 1. The van der Waals surface area contributed by atoms with E-state index in [0.717, 1.165) is 5.56 Å². The molecule has 0 spiro atoms. The molecule has 1 unspecified atom stereocenters. The van der Waals surface area contributed by atoms with Gasteiger partial charge in [-0.25, -0.2) is 8.78 Å². The number of hydrogen-bond acceptors (Lipinski definition) is 1. The predicted molar refractivity (Wildman–Crippen MR) is 51.6 cm³/mol. The first-order valence-corrected chi connectivity index (χ1v) is 4.68. The fourth-order valence-electron chi connectivity index (χ4n) is 1.49. The molecule has 2 rings (SSSR count). The Hall–Kier alpha value is -0.670. The van der Waals surface area contributed by atoms with Gasteiger partial charge in [0, 0.05) is 11.4 Å². The SMILES string of the molecule is Cc1ccc(C2(N)CC2(F)F)cc1Cl. The molecule has 4 heteroatoms. The molecule has 1 fully saturated rings. The zero-order chi connectivity index (χ0) is 10.6. The van der Waals surface area contributed by atoms with E-state index in [-0.39, 0.29) is 6.42 Å². The normalized spacial score (nSPS) is 28.9. The van der Waals surface area contributed by atoms with Crippen molar-refractivity contribution in [1.82, 2.24) is 0 Å². The zero-order valence-electron chi connectivity index (χ0n) is 7.65. The maximum atomic E-state index is 12.9. The van der Waals surface area contributed by atoms with Crippen LogP contribution in [0.1, 0.15) is 17.5 Å². The van der Waals surface area contributed by atoms with E-state index in [9.17, 15) is 8.78 Å².